The summed E-state index contributed by atoms with van der Waals surface area (Å²) in [7, 11) is 0. The largest absolute Gasteiger partial charge is 0.449 e. The van der Waals surface area contributed by atoms with Crippen LogP contribution in [-0.2, 0) is 6.42 Å². The highest BCUT2D eigenvalue weighted by Crippen LogP contribution is 2.11. The van der Waals surface area contributed by atoms with Gasteiger partial charge in [0.1, 0.15) is 6.26 Å². The molecule has 1 amide bonds. The van der Waals surface area contributed by atoms with Gasteiger partial charge in [0, 0.05) is 25.5 Å². The predicted molar refractivity (Wildman–Crippen MR) is 73.4 cm³/mol. The molecule has 0 bridgehead atoms. The van der Waals surface area contributed by atoms with Crippen molar-refractivity contribution in [1.29, 1.82) is 0 Å². The summed E-state index contributed by atoms with van der Waals surface area (Å²) >= 11 is 0. The zero-order valence-corrected chi connectivity index (χ0v) is 11.0. The van der Waals surface area contributed by atoms with Crippen molar-refractivity contribution in [3.8, 4) is 0 Å². The van der Waals surface area contributed by atoms with Crippen LogP contribution in [0.3, 0.4) is 0 Å². The lowest BCUT2D eigenvalue weighted by Gasteiger charge is -2.03. The number of fused-ring (bicyclic) bond motifs is 1. The molecular weight excluding hydrogens is 256 g/mol. The summed E-state index contributed by atoms with van der Waals surface area (Å²) in [4.78, 5) is 23.3. The van der Waals surface area contributed by atoms with Crippen molar-refractivity contribution in [2.45, 2.75) is 13.3 Å². The number of hydrogen-bond acceptors (Lipinski definition) is 4. The van der Waals surface area contributed by atoms with Gasteiger partial charge >= 0.3 is 0 Å². The Hall–Kier alpha value is -2.63. The fourth-order valence-electron chi connectivity index (χ4n) is 2.01. The van der Waals surface area contributed by atoms with Crippen molar-refractivity contribution >= 4 is 16.9 Å². The van der Waals surface area contributed by atoms with Crippen LogP contribution in [0, 0.1) is 6.92 Å². The lowest BCUT2D eigenvalue weighted by Crippen LogP contribution is -2.25. The van der Waals surface area contributed by atoms with Gasteiger partial charge in [0.05, 0.1) is 23.1 Å². The second-order valence-electron chi connectivity index (χ2n) is 4.50. The summed E-state index contributed by atoms with van der Waals surface area (Å²) in [6.45, 7) is 2.31. The molecule has 20 heavy (non-hydrogen) atoms. The third-order valence-corrected chi connectivity index (χ3v) is 3.02. The number of benzene rings is 1. The minimum absolute atomic E-state index is 0.110. The van der Waals surface area contributed by atoms with E-state index in [4.69, 9.17) is 4.42 Å². The van der Waals surface area contributed by atoms with Crippen LogP contribution in [0.4, 0.5) is 0 Å². The van der Waals surface area contributed by atoms with Gasteiger partial charge in [-0.25, -0.2) is 9.97 Å². The van der Waals surface area contributed by atoms with Crippen molar-refractivity contribution in [1.82, 2.24) is 20.3 Å². The number of rotatable bonds is 4. The number of carbonyl (C=O) groups excluding carboxylic acids is 1. The second kappa shape index (κ2) is 5.16. The molecule has 0 saturated carbocycles. The summed E-state index contributed by atoms with van der Waals surface area (Å²) in [5, 5.41) is 2.86. The molecule has 2 heterocycles. The quantitative estimate of drug-likeness (QED) is 0.757. The number of nitrogens with one attached hydrogen (secondary N) is 2. The smallest absolute Gasteiger partial charge is 0.251 e. The van der Waals surface area contributed by atoms with Crippen molar-refractivity contribution in [3.05, 3.63) is 47.9 Å². The van der Waals surface area contributed by atoms with Gasteiger partial charge in [0.15, 0.2) is 5.89 Å². The molecular formula is C14H14N4O2. The van der Waals surface area contributed by atoms with E-state index < -0.39 is 0 Å². The summed E-state index contributed by atoms with van der Waals surface area (Å²) in [6, 6.07) is 5.37. The Balaban J connectivity index is 1.61. The molecule has 1 aromatic carbocycles. The van der Waals surface area contributed by atoms with Gasteiger partial charge in [0.2, 0.25) is 0 Å². The maximum atomic E-state index is 12.0. The lowest BCUT2D eigenvalue weighted by molar-refractivity contribution is 0.0954. The molecule has 0 unspecified atom stereocenters. The molecule has 102 valence electrons. The SMILES string of the molecule is Cc1nc(CCNC(=O)c2ccc3nc[nH]c3c2)co1. The van der Waals surface area contributed by atoms with Crippen molar-refractivity contribution in [2.24, 2.45) is 0 Å². The van der Waals surface area contributed by atoms with E-state index in [0.717, 1.165) is 16.7 Å². The van der Waals surface area contributed by atoms with E-state index in [9.17, 15) is 4.79 Å². The highest BCUT2D eigenvalue weighted by atomic mass is 16.3. The van der Waals surface area contributed by atoms with E-state index in [-0.39, 0.29) is 5.91 Å². The molecule has 0 spiro atoms. The van der Waals surface area contributed by atoms with Crippen LogP contribution < -0.4 is 5.32 Å². The van der Waals surface area contributed by atoms with E-state index in [0.29, 0.717) is 24.4 Å². The zero-order chi connectivity index (χ0) is 13.9. The molecule has 0 saturated heterocycles. The molecule has 0 aliphatic carbocycles. The topological polar surface area (TPSA) is 83.8 Å². The van der Waals surface area contributed by atoms with Gasteiger partial charge in [0.25, 0.3) is 5.91 Å². The molecule has 2 N–H and O–H groups in total. The van der Waals surface area contributed by atoms with Crippen LogP contribution in [-0.4, -0.2) is 27.4 Å². The fraction of sp³-hybridized carbons (Fsp3) is 0.214. The zero-order valence-electron chi connectivity index (χ0n) is 11.0. The van der Waals surface area contributed by atoms with Gasteiger partial charge < -0.3 is 14.7 Å². The molecule has 0 aliphatic rings. The Kier molecular flexibility index (Phi) is 3.20. The maximum absolute atomic E-state index is 12.0. The Morgan fingerprint density at radius 3 is 3.15 bits per heavy atom. The Morgan fingerprint density at radius 2 is 2.35 bits per heavy atom. The molecule has 3 aromatic rings. The van der Waals surface area contributed by atoms with Gasteiger partial charge in [-0.3, -0.25) is 4.79 Å². The van der Waals surface area contributed by atoms with E-state index in [1.165, 1.54) is 0 Å². The Bertz CT molecular complexity index is 744. The van der Waals surface area contributed by atoms with Crippen LogP contribution >= 0.6 is 0 Å². The highest BCUT2D eigenvalue weighted by Gasteiger charge is 2.07. The molecule has 0 aliphatic heterocycles. The number of amides is 1. The Morgan fingerprint density at radius 1 is 1.45 bits per heavy atom. The summed E-state index contributed by atoms with van der Waals surface area (Å²) in [6.07, 6.45) is 3.87. The highest BCUT2D eigenvalue weighted by molar-refractivity contribution is 5.97. The third-order valence-electron chi connectivity index (χ3n) is 3.02. The predicted octanol–water partition coefficient (Wildman–Crippen LogP) is 1.83. The van der Waals surface area contributed by atoms with Gasteiger partial charge in [-0.15, -0.1) is 0 Å². The van der Waals surface area contributed by atoms with Crippen LogP contribution in [0.1, 0.15) is 21.9 Å². The minimum Gasteiger partial charge on any atom is -0.449 e. The summed E-state index contributed by atoms with van der Waals surface area (Å²) in [5.41, 5.74) is 3.15. The number of carbonyl (C=O) groups is 1. The lowest BCUT2D eigenvalue weighted by atomic mass is 10.2. The second-order valence-corrected chi connectivity index (χ2v) is 4.50. The molecule has 6 nitrogen and oxygen atoms in total. The van der Waals surface area contributed by atoms with Crippen molar-refractivity contribution < 1.29 is 9.21 Å². The molecule has 6 heteroatoms. The van der Waals surface area contributed by atoms with E-state index in [1.807, 2.05) is 6.07 Å². The number of hydrogen-bond donors (Lipinski definition) is 2. The average molecular weight is 270 g/mol. The van der Waals surface area contributed by atoms with E-state index in [2.05, 4.69) is 20.3 Å². The molecule has 0 fully saturated rings. The van der Waals surface area contributed by atoms with E-state index >= 15 is 0 Å². The standard InChI is InChI=1S/C14H14N4O2/c1-9-18-11(7-20-9)4-5-15-14(19)10-2-3-12-13(6-10)17-8-16-12/h2-3,6-8H,4-5H2,1H3,(H,15,19)(H,16,17). The number of aromatic amines is 1. The van der Waals surface area contributed by atoms with Crippen LogP contribution in [0.2, 0.25) is 0 Å². The molecule has 3 rings (SSSR count). The number of aryl methyl sites for hydroxylation is 1. The van der Waals surface area contributed by atoms with Crippen molar-refractivity contribution in [3.63, 3.8) is 0 Å². The summed E-state index contributed by atoms with van der Waals surface area (Å²) in [5.74, 6) is 0.526. The first-order valence-corrected chi connectivity index (χ1v) is 6.35. The van der Waals surface area contributed by atoms with Gasteiger partial charge in [-0.2, -0.15) is 0 Å². The average Bonchev–Trinajstić information content (AvgIpc) is 3.06. The number of aromatic nitrogens is 3. The third kappa shape index (κ3) is 2.54. The first-order chi connectivity index (χ1) is 9.72. The first-order valence-electron chi connectivity index (χ1n) is 6.35. The molecule has 2 aromatic heterocycles. The molecule has 0 radical (unpaired) electrons. The molecule has 0 atom stereocenters. The normalized spacial score (nSPS) is 10.8. The fourth-order valence-corrected chi connectivity index (χ4v) is 2.01. The number of H-pyrrole nitrogens is 1. The summed E-state index contributed by atoms with van der Waals surface area (Å²) < 4.78 is 5.11. The van der Waals surface area contributed by atoms with Crippen molar-refractivity contribution in [2.75, 3.05) is 6.54 Å². The van der Waals surface area contributed by atoms with Gasteiger partial charge in [-0.05, 0) is 18.2 Å². The monoisotopic (exact) mass is 270 g/mol. The van der Waals surface area contributed by atoms with E-state index in [1.54, 1.807) is 31.6 Å². The first kappa shape index (κ1) is 12.4. The Labute approximate surface area is 115 Å². The number of oxazole rings is 1. The number of nitrogens with zero attached hydrogens (tertiary/aromatic N) is 2. The van der Waals surface area contributed by atoms with Crippen LogP contribution in [0.5, 0.6) is 0 Å². The minimum atomic E-state index is -0.110. The van der Waals surface area contributed by atoms with Crippen LogP contribution in [0.15, 0.2) is 35.2 Å². The van der Waals surface area contributed by atoms with Gasteiger partial charge in [-0.1, -0.05) is 0 Å². The maximum Gasteiger partial charge on any atom is 0.251 e. The number of imidazole rings is 1. The van der Waals surface area contributed by atoms with Crippen LogP contribution in [0.25, 0.3) is 11.0 Å².